The molecule has 0 fully saturated rings. The molecule has 1 heteroatoms. The van der Waals surface area contributed by atoms with E-state index in [0.717, 1.165) is 5.75 Å². The third-order valence-electron chi connectivity index (χ3n) is 2.82. The van der Waals surface area contributed by atoms with Gasteiger partial charge in [0.15, 0.2) is 0 Å². The van der Waals surface area contributed by atoms with Crippen LogP contribution in [0.4, 0.5) is 0 Å². The summed E-state index contributed by atoms with van der Waals surface area (Å²) in [5.41, 5.74) is 4.90. The summed E-state index contributed by atoms with van der Waals surface area (Å²) in [6, 6.07) is 14.7. The molecule has 88 valence electrons. The van der Waals surface area contributed by atoms with Crippen LogP contribution < -0.4 is 4.74 Å². The third kappa shape index (κ3) is 3.10. The van der Waals surface area contributed by atoms with Gasteiger partial charge in [-0.25, -0.2) is 0 Å². The number of hydrogen-bond donors (Lipinski definition) is 0. The van der Waals surface area contributed by atoms with Crippen LogP contribution in [0.1, 0.15) is 22.3 Å². The van der Waals surface area contributed by atoms with Crippen LogP contribution in [0.25, 0.3) is 0 Å². The molecular formula is C16H18O. The molecule has 0 aliphatic heterocycles. The van der Waals surface area contributed by atoms with Gasteiger partial charge in [0, 0.05) is 0 Å². The molecule has 0 bridgehead atoms. The maximum Gasteiger partial charge on any atom is 0.122 e. The van der Waals surface area contributed by atoms with Crippen molar-refractivity contribution >= 4 is 0 Å². The van der Waals surface area contributed by atoms with Crippen molar-refractivity contribution in [3.63, 3.8) is 0 Å². The first kappa shape index (κ1) is 11.7. The van der Waals surface area contributed by atoms with Gasteiger partial charge in [-0.05, 0) is 43.5 Å². The molecule has 0 aromatic heterocycles. The molecule has 0 heterocycles. The number of aryl methyl sites for hydroxylation is 3. The molecule has 0 radical (unpaired) electrons. The maximum atomic E-state index is 5.86. The van der Waals surface area contributed by atoms with Crippen LogP contribution in [0.2, 0.25) is 0 Å². The van der Waals surface area contributed by atoms with Gasteiger partial charge in [0.05, 0.1) is 0 Å². The van der Waals surface area contributed by atoms with E-state index in [1.54, 1.807) is 0 Å². The number of benzene rings is 2. The molecule has 0 saturated heterocycles. The fraction of sp³-hybridized carbons (Fsp3) is 0.250. The molecular weight excluding hydrogens is 208 g/mol. The topological polar surface area (TPSA) is 9.23 Å². The van der Waals surface area contributed by atoms with Gasteiger partial charge in [0.25, 0.3) is 0 Å². The van der Waals surface area contributed by atoms with Gasteiger partial charge in [-0.2, -0.15) is 0 Å². The van der Waals surface area contributed by atoms with E-state index in [1.165, 1.54) is 22.3 Å². The Morgan fingerprint density at radius 1 is 0.882 bits per heavy atom. The van der Waals surface area contributed by atoms with Gasteiger partial charge in [-0.15, -0.1) is 0 Å². The summed E-state index contributed by atoms with van der Waals surface area (Å²) in [4.78, 5) is 0. The highest BCUT2D eigenvalue weighted by atomic mass is 16.5. The molecule has 0 atom stereocenters. The molecule has 17 heavy (non-hydrogen) atoms. The fourth-order valence-corrected chi connectivity index (χ4v) is 1.83. The van der Waals surface area contributed by atoms with Crippen LogP contribution in [-0.2, 0) is 6.61 Å². The molecule has 0 spiro atoms. The molecule has 0 N–H and O–H groups in total. The highest BCUT2D eigenvalue weighted by molar-refractivity contribution is 5.36. The minimum Gasteiger partial charge on any atom is -0.489 e. The molecule has 0 unspecified atom stereocenters. The summed E-state index contributed by atoms with van der Waals surface area (Å²) >= 11 is 0. The second kappa shape index (κ2) is 5.05. The molecule has 0 saturated carbocycles. The lowest BCUT2D eigenvalue weighted by Gasteiger charge is -2.10. The maximum absolute atomic E-state index is 5.86. The first-order chi connectivity index (χ1) is 8.15. The predicted octanol–water partition coefficient (Wildman–Crippen LogP) is 4.19. The monoisotopic (exact) mass is 226 g/mol. The van der Waals surface area contributed by atoms with E-state index in [9.17, 15) is 0 Å². The minimum absolute atomic E-state index is 0.631. The predicted molar refractivity (Wildman–Crippen MR) is 71.4 cm³/mol. The Bertz CT molecular complexity index is 515. The van der Waals surface area contributed by atoms with E-state index < -0.39 is 0 Å². The number of hydrogen-bond acceptors (Lipinski definition) is 1. The highest BCUT2D eigenvalue weighted by Crippen LogP contribution is 2.20. The van der Waals surface area contributed by atoms with Gasteiger partial charge >= 0.3 is 0 Å². The molecule has 0 amide bonds. The van der Waals surface area contributed by atoms with Gasteiger partial charge in [-0.3, -0.25) is 0 Å². The molecule has 2 aromatic carbocycles. The van der Waals surface area contributed by atoms with Crippen molar-refractivity contribution in [2.45, 2.75) is 27.4 Å². The van der Waals surface area contributed by atoms with Crippen LogP contribution >= 0.6 is 0 Å². The van der Waals surface area contributed by atoms with Crippen molar-refractivity contribution < 1.29 is 4.74 Å². The van der Waals surface area contributed by atoms with Crippen molar-refractivity contribution in [2.75, 3.05) is 0 Å². The second-order valence-corrected chi connectivity index (χ2v) is 4.55. The van der Waals surface area contributed by atoms with Crippen molar-refractivity contribution in [3.8, 4) is 5.75 Å². The number of rotatable bonds is 3. The Labute approximate surface area is 103 Å². The van der Waals surface area contributed by atoms with Crippen LogP contribution in [0, 0.1) is 20.8 Å². The fourth-order valence-electron chi connectivity index (χ4n) is 1.83. The Hall–Kier alpha value is -1.76. The van der Waals surface area contributed by atoms with E-state index in [2.05, 4.69) is 63.2 Å². The molecule has 1 nitrogen and oxygen atoms in total. The van der Waals surface area contributed by atoms with Gasteiger partial charge in [0.2, 0.25) is 0 Å². The molecule has 0 aliphatic carbocycles. The molecule has 2 aromatic rings. The van der Waals surface area contributed by atoms with Gasteiger partial charge < -0.3 is 4.74 Å². The first-order valence-corrected chi connectivity index (χ1v) is 5.91. The molecule has 0 aliphatic rings. The van der Waals surface area contributed by atoms with Crippen LogP contribution in [0.5, 0.6) is 5.75 Å². The van der Waals surface area contributed by atoms with Crippen molar-refractivity contribution in [1.29, 1.82) is 0 Å². The van der Waals surface area contributed by atoms with Gasteiger partial charge in [0.1, 0.15) is 12.4 Å². The summed E-state index contributed by atoms with van der Waals surface area (Å²) in [6.07, 6.45) is 0. The van der Waals surface area contributed by atoms with Crippen molar-refractivity contribution in [1.82, 2.24) is 0 Å². The first-order valence-electron chi connectivity index (χ1n) is 5.91. The summed E-state index contributed by atoms with van der Waals surface area (Å²) in [7, 11) is 0. The van der Waals surface area contributed by atoms with E-state index in [-0.39, 0.29) is 0 Å². The third-order valence-corrected chi connectivity index (χ3v) is 2.82. The Kier molecular flexibility index (Phi) is 3.48. The quantitative estimate of drug-likeness (QED) is 0.762. The van der Waals surface area contributed by atoms with E-state index >= 15 is 0 Å². The standard InChI is InChI=1S/C16H18O/c1-12-5-4-6-15(9-12)11-17-16-10-13(2)7-8-14(16)3/h4-10H,11H2,1-3H3. The largest absolute Gasteiger partial charge is 0.489 e. The summed E-state index contributed by atoms with van der Waals surface area (Å²) in [6.45, 7) is 6.89. The second-order valence-electron chi connectivity index (χ2n) is 4.55. The van der Waals surface area contributed by atoms with Crippen LogP contribution in [-0.4, -0.2) is 0 Å². The van der Waals surface area contributed by atoms with E-state index in [0.29, 0.717) is 6.61 Å². The number of ether oxygens (including phenoxy) is 1. The SMILES string of the molecule is Cc1cccc(COc2cc(C)ccc2C)c1. The van der Waals surface area contributed by atoms with Crippen LogP contribution in [0.3, 0.4) is 0 Å². The normalized spacial score (nSPS) is 10.3. The summed E-state index contributed by atoms with van der Waals surface area (Å²) in [5.74, 6) is 0.978. The lowest BCUT2D eigenvalue weighted by Crippen LogP contribution is -1.97. The lowest BCUT2D eigenvalue weighted by atomic mass is 10.1. The van der Waals surface area contributed by atoms with Crippen molar-refractivity contribution in [3.05, 3.63) is 64.7 Å². The van der Waals surface area contributed by atoms with Gasteiger partial charge in [-0.1, -0.05) is 42.0 Å². The molecule has 2 rings (SSSR count). The van der Waals surface area contributed by atoms with E-state index in [4.69, 9.17) is 4.74 Å². The highest BCUT2D eigenvalue weighted by Gasteiger charge is 2.00. The smallest absolute Gasteiger partial charge is 0.122 e. The summed E-state index contributed by atoms with van der Waals surface area (Å²) < 4.78 is 5.86. The minimum atomic E-state index is 0.631. The average molecular weight is 226 g/mol. The zero-order valence-electron chi connectivity index (χ0n) is 10.7. The zero-order chi connectivity index (χ0) is 12.3. The average Bonchev–Trinajstić information content (AvgIpc) is 2.30. The van der Waals surface area contributed by atoms with Crippen molar-refractivity contribution in [2.24, 2.45) is 0 Å². The Morgan fingerprint density at radius 2 is 1.65 bits per heavy atom. The lowest BCUT2D eigenvalue weighted by molar-refractivity contribution is 0.304. The zero-order valence-corrected chi connectivity index (χ0v) is 10.7. The van der Waals surface area contributed by atoms with E-state index in [1.807, 2.05) is 0 Å². The Morgan fingerprint density at radius 3 is 2.41 bits per heavy atom. The van der Waals surface area contributed by atoms with Crippen LogP contribution in [0.15, 0.2) is 42.5 Å². The summed E-state index contributed by atoms with van der Waals surface area (Å²) in [5, 5.41) is 0. The Balaban J connectivity index is 2.09.